The molecule has 7 nitrogen and oxygen atoms in total. The second-order valence-electron chi connectivity index (χ2n) is 6.23. The average Bonchev–Trinajstić information content (AvgIpc) is 2.72. The van der Waals surface area contributed by atoms with E-state index in [2.05, 4.69) is 20.3 Å². The van der Waals surface area contributed by atoms with Crippen molar-refractivity contribution in [2.75, 3.05) is 33.9 Å². The smallest absolute Gasteiger partial charge is 0.240 e. The van der Waals surface area contributed by atoms with Crippen molar-refractivity contribution in [1.82, 2.24) is 15.4 Å². The van der Waals surface area contributed by atoms with Crippen LogP contribution in [0.2, 0.25) is 0 Å². The van der Waals surface area contributed by atoms with Crippen LogP contribution in [0, 0.1) is 5.82 Å². The largest absolute Gasteiger partial charge is 0.383 e. The minimum absolute atomic E-state index is 0. The van der Waals surface area contributed by atoms with E-state index in [0.29, 0.717) is 37.6 Å². The molecule has 0 heterocycles. The molecule has 2 aromatic carbocycles. The highest BCUT2D eigenvalue weighted by Gasteiger charge is 2.13. The molecule has 0 amide bonds. The number of methoxy groups -OCH3 is 1. The first-order valence-electron chi connectivity index (χ1n) is 9.21. The standard InChI is InChI=1S/C20H27FN4O3S.HI/c1-22-20(23-11-10-17-7-3-4-9-19(17)21)24-15-16-6-5-8-18(14-16)29(26,27)25-12-13-28-2;/h3-9,14,25H,10-13,15H2,1-2H3,(H2,22,23,24);1H. The van der Waals surface area contributed by atoms with Crippen LogP contribution in [-0.2, 0) is 27.7 Å². The first-order chi connectivity index (χ1) is 14.0. The third-order valence-corrected chi connectivity index (χ3v) is 5.59. The van der Waals surface area contributed by atoms with Gasteiger partial charge in [-0.25, -0.2) is 17.5 Å². The number of rotatable bonds is 10. The zero-order valence-corrected chi connectivity index (χ0v) is 20.2. The predicted molar refractivity (Wildman–Crippen MR) is 127 cm³/mol. The van der Waals surface area contributed by atoms with Crippen molar-refractivity contribution in [3.05, 3.63) is 65.5 Å². The molecule has 0 unspecified atom stereocenters. The van der Waals surface area contributed by atoms with E-state index in [0.717, 1.165) is 5.56 Å². The van der Waals surface area contributed by atoms with E-state index in [1.807, 2.05) is 6.07 Å². The normalized spacial score (nSPS) is 11.6. The Bertz CT molecular complexity index is 926. The summed E-state index contributed by atoms with van der Waals surface area (Å²) in [5.74, 6) is 0.321. The van der Waals surface area contributed by atoms with E-state index in [4.69, 9.17) is 4.74 Å². The highest BCUT2D eigenvalue weighted by Crippen LogP contribution is 2.11. The first-order valence-corrected chi connectivity index (χ1v) is 10.7. The van der Waals surface area contributed by atoms with E-state index < -0.39 is 10.0 Å². The molecular weight excluding hydrogens is 522 g/mol. The van der Waals surface area contributed by atoms with Crippen molar-refractivity contribution in [1.29, 1.82) is 0 Å². The summed E-state index contributed by atoms with van der Waals surface area (Å²) in [6.07, 6.45) is 0.522. The summed E-state index contributed by atoms with van der Waals surface area (Å²) in [6.45, 7) is 1.41. The quantitative estimate of drug-likeness (QED) is 0.183. The molecule has 0 spiro atoms. The lowest BCUT2D eigenvalue weighted by Gasteiger charge is -2.13. The maximum atomic E-state index is 13.7. The molecule has 10 heteroatoms. The van der Waals surface area contributed by atoms with Crippen molar-refractivity contribution in [2.24, 2.45) is 4.99 Å². The van der Waals surface area contributed by atoms with Crippen LogP contribution in [0.1, 0.15) is 11.1 Å². The number of sulfonamides is 1. The van der Waals surface area contributed by atoms with E-state index in [9.17, 15) is 12.8 Å². The van der Waals surface area contributed by atoms with Crippen molar-refractivity contribution in [3.63, 3.8) is 0 Å². The maximum absolute atomic E-state index is 13.7. The fourth-order valence-corrected chi connectivity index (χ4v) is 3.69. The van der Waals surface area contributed by atoms with Gasteiger partial charge in [0.25, 0.3) is 0 Å². The lowest BCUT2D eigenvalue weighted by atomic mass is 10.1. The van der Waals surface area contributed by atoms with Gasteiger partial charge in [-0.3, -0.25) is 4.99 Å². The molecule has 166 valence electrons. The summed E-state index contributed by atoms with van der Waals surface area (Å²) in [5.41, 5.74) is 1.42. The van der Waals surface area contributed by atoms with Gasteiger partial charge in [-0.05, 0) is 35.7 Å². The Morgan fingerprint density at radius 1 is 1.10 bits per heavy atom. The van der Waals surface area contributed by atoms with Crippen molar-refractivity contribution >= 4 is 40.0 Å². The van der Waals surface area contributed by atoms with Crippen LogP contribution >= 0.6 is 24.0 Å². The molecule has 0 atom stereocenters. The Kier molecular flexibility index (Phi) is 11.8. The van der Waals surface area contributed by atoms with Gasteiger partial charge in [0.1, 0.15) is 5.82 Å². The van der Waals surface area contributed by atoms with Gasteiger partial charge in [0, 0.05) is 33.8 Å². The monoisotopic (exact) mass is 550 g/mol. The van der Waals surface area contributed by atoms with Gasteiger partial charge in [-0.2, -0.15) is 0 Å². The Morgan fingerprint density at radius 2 is 1.87 bits per heavy atom. The second kappa shape index (κ2) is 13.5. The number of halogens is 2. The number of hydrogen-bond acceptors (Lipinski definition) is 4. The average molecular weight is 550 g/mol. The molecule has 0 saturated heterocycles. The van der Waals surface area contributed by atoms with Crippen LogP contribution in [0.25, 0.3) is 0 Å². The van der Waals surface area contributed by atoms with Crippen molar-refractivity contribution < 1.29 is 17.5 Å². The third kappa shape index (κ3) is 8.54. The molecule has 0 fully saturated rings. The molecule has 2 rings (SSSR count). The molecule has 0 aromatic heterocycles. The SMILES string of the molecule is CN=C(NCCc1ccccc1F)NCc1cccc(S(=O)(=O)NCCOC)c1.I. The lowest BCUT2D eigenvalue weighted by molar-refractivity contribution is 0.204. The van der Waals surface area contributed by atoms with Gasteiger partial charge >= 0.3 is 0 Å². The van der Waals surface area contributed by atoms with Crippen LogP contribution < -0.4 is 15.4 Å². The van der Waals surface area contributed by atoms with Crippen LogP contribution in [0.15, 0.2) is 58.4 Å². The number of aliphatic imine (C=N–C) groups is 1. The molecule has 0 aliphatic rings. The molecule has 2 aromatic rings. The topological polar surface area (TPSA) is 91.8 Å². The Hall–Kier alpha value is -1.76. The molecule has 0 aliphatic heterocycles. The first kappa shape index (κ1) is 26.3. The molecule has 0 bridgehead atoms. The zero-order valence-electron chi connectivity index (χ0n) is 17.0. The molecule has 0 saturated carbocycles. The highest BCUT2D eigenvalue weighted by molar-refractivity contribution is 14.0. The van der Waals surface area contributed by atoms with Crippen molar-refractivity contribution in [2.45, 2.75) is 17.9 Å². The van der Waals surface area contributed by atoms with Gasteiger partial charge in [0.2, 0.25) is 10.0 Å². The van der Waals surface area contributed by atoms with Crippen LogP contribution in [0.4, 0.5) is 4.39 Å². The highest BCUT2D eigenvalue weighted by atomic mass is 127. The fourth-order valence-electron chi connectivity index (χ4n) is 2.61. The number of hydrogen-bond donors (Lipinski definition) is 3. The van der Waals surface area contributed by atoms with Gasteiger partial charge in [0.05, 0.1) is 11.5 Å². The van der Waals surface area contributed by atoms with Crippen LogP contribution in [-0.4, -0.2) is 48.2 Å². The maximum Gasteiger partial charge on any atom is 0.240 e. The minimum atomic E-state index is -3.59. The number of benzene rings is 2. The fraction of sp³-hybridized carbons (Fsp3) is 0.350. The van der Waals surface area contributed by atoms with E-state index >= 15 is 0 Å². The molecule has 0 radical (unpaired) electrons. The number of nitrogens with zero attached hydrogens (tertiary/aromatic N) is 1. The number of nitrogens with one attached hydrogen (secondary N) is 3. The second-order valence-corrected chi connectivity index (χ2v) is 8.00. The summed E-state index contributed by atoms with van der Waals surface area (Å²) >= 11 is 0. The number of ether oxygens (including phenoxy) is 1. The van der Waals surface area contributed by atoms with E-state index in [1.54, 1.807) is 43.4 Å². The molecule has 3 N–H and O–H groups in total. The predicted octanol–water partition coefficient (Wildman–Crippen LogP) is 2.28. The summed E-state index contributed by atoms with van der Waals surface area (Å²) in [5, 5.41) is 6.25. The van der Waals surface area contributed by atoms with Gasteiger partial charge < -0.3 is 15.4 Å². The van der Waals surface area contributed by atoms with Crippen LogP contribution in [0.3, 0.4) is 0 Å². The zero-order chi connectivity index (χ0) is 21.1. The Labute approximate surface area is 194 Å². The van der Waals surface area contributed by atoms with Crippen molar-refractivity contribution in [3.8, 4) is 0 Å². The van der Waals surface area contributed by atoms with Gasteiger partial charge in [-0.15, -0.1) is 24.0 Å². The van der Waals surface area contributed by atoms with Crippen LogP contribution in [0.5, 0.6) is 0 Å². The summed E-state index contributed by atoms with van der Waals surface area (Å²) < 4.78 is 45.6. The molecule has 0 aliphatic carbocycles. The number of guanidine groups is 1. The van der Waals surface area contributed by atoms with E-state index in [-0.39, 0.29) is 41.2 Å². The summed E-state index contributed by atoms with van der Waals surface area (Å²) in [4.78, 5) is 4.32. The van der Waals surface area contributed by atoms with Gasteiger partial charge in [-0.1, -0.05) is 30.3 Å². The Morgan fingerprint density at radius 3 is 2.57 bits per heavy atom. The third-order valence-electron chi connectivity index (χ3n) is 4.14. The molecular formula is C20H28FIN4O3S. The molecule has 30 heavy (non-hydrogen) atoms. The van der Waals surface area contributed by atoms with E-state index in [1.165, 1.54) is 13.2 Å². The Balaban J connectivity index is 0.00000450. The minimum Gasteiger partial charge on any atom is -0.383 e. The van der Waals surface area contributed by atoms with Gasteiger partial charge in [0.15, 0.2) is 5.96 Å². The summed E-state index contributed by atoms with van der Waals surface area (Å²) in [6, 6.07) is 13.3. The lowest BCUT2D eigenvalue weighted by Crippen LogP contribution is -2.38. The summed E-state index contributed by atoms with van der Waals surface area (Å²) in [7, 11) is -0.438.